The van der Waals surface area contributed by atoms with E-state index in [4.69, 9.17) is 5.11 Å². The number of unbranched alkanes of at least 4 members (excludes halogenated alkanes) is 3. The van der Waals surface area contributed by atoms with E-state index in [0.29, 0.717) is 0 Å². The summed E-state index contributed by atoms with van der Waals surface area (Å²) in [6.07, 6.45) is 8.79. The Labute approximate surface area is 89.4 Å². The molecule has 2 heteroatoms. The second kappa shape index (κ2) is 18.4. The predicted octanol–water partition coefficient (Wildman–Crippen LogP) is 2.73. The van der Waals surface area contributed by atoms with Crippen molar-refractivity contribution in [3.05, 3.63) is 12.2 Å². The molecule has 0 bridgehead atoms. The molecular weight excluding hydrogens is 174 g/mol. The van der Waals surface area contributed by atoms with Gasteiger partial charge < -0.3 is 10.4 Å². The largest absolute Gasteiger partial charge is 0.392 e. The van der Waals surface area contributed by atoms with Gasteiger partial charge in [-0.2, -0.15) is 0 Å². The van der Waals surface area contributed by atoms with Crippen LogP contribution >= 0.6 is 0 Å². The van der Waals surface area contributed by atoms with Crippen LogP contribution in [-0.2, 0) is 0 Å². The van der Waals surface area contributed by atoms with Gasteiger partial charge in [0.1, 0.15) is 0 Å². The molecule has 0 aliphatic rings. The van der Waals surface area contributed by atoms with Crippen molar-refractivity contribution < 1.29 is 5.11 Å². The Morgan fingerprint density at radius 2 is 1.64 bits per heavy atom. The summed E-state index contributed by atoms with van der Waals surface area (Å²) in [7, 11) is 0. The lowest BCUT2D eigenvalue weighted by atomic mass is 10.2. The molecule has 0 radical (unpaired) electrons. The fourth-order valence-electron chi connectivity index (χ4n) is 0.955. The predicted molar refractivity (Wildman–Crippen MR) is 64.6 cm³/mol. The molecule has 2 nitrogen and oxygen atoms in total. The topological polar surface area (TPSA) is 32.3 Å². The second-order valence-corrected chi connectivity index (χ2v) is 3.11. The van der Waals surface area contributed by atoms with Crippen molar-refractivity contribution in [2.24, 2.45) is 0 Å². The SMILES string of the molecule is CCCCCC=CCO.CCNCC. The molecule has 0 aliphatic carbocycles. The molecule has 0 amide bonds. The molecule has 0 unspecified atom stereocenters. The summed E-state index contributed by atoms with van der Waals surface area (Å²) in [5, 5.41) is 11.4. The first-order chi connectivity index (χ1) is 6.83. The van der Waals surface area contributed by atoms with Crippen LogP contribution < -0.4 is 5.32 Å². The van der Waals surface area contributed by atoms with Crippen LogP contribution in [0.3, 0.4) is 0 Å². The molecule has 0 spiro atoms. The lowest BCUT2D eigenvalue weighted by Crippen LogP contribution is -2.09. The van der Waals surface area contributed by atoms with Crippen LogP contribution in [0.25, 0.3) is 0 Å². The smallest absolute Gasteiger partial charge is 0.0612 e. The fourth-order valence-corrected chi connectivity index (χ4v) is 0.955. The van der Waals surface area contributed by atoms with E-state index in [1.165, 1.54) is 19.3 Å². The summed E-state index contributed by atoms with van der Waals surface area (Å²) in [6, 6.07) is 0. The maximum Gasteiger partial charge on any atom is 0.0612 e. The quantitative estimate of drug-likeness (QED) is 0.490. The Bertz CT molecular complexity index is 100. The number of rotatable bonds is 7. The minimum absolute atomic E-state index is 0.187. The Kier molecular flexibility index (Phi) is 21.2. The number of hydrogen-bond acceptors (Lipinski definition) is 2. The maximum atomic E-state index is 8.34. The molecule has 0 aromatic rings. The molecule has 0 fully saturated rings. The lowest BCUT2D eigenvalue weighted by molar-refractivity contribution is 0.342. The van der Waals surface area contributed by atoms with Crippen LogP contribution in [0.1, 0.15) is 46.5 Å². The van der Waals surface area contributed by atoms with Crippen molar-refractivity contribution in [3.63, 3.8) is 0 Å². The normalized spacial score (nSPS) is 10.0. The lowest BCUT2D eigenvalue weighted by Gasteiger charge is -1.89. The molecule has 0 rings (SSSR count). The molecule has 0 aromatic carbocycles. The van der Waals surface area contributed by atoms with Gasteiger partial charge in [0.15, 0.2) is 0 Å². The summed E-state index contributed by atoms with van der Waals surface area (Å²) in [5.74, 6) is 0. The minimum Gasteiger partial charge on any atom is -0.392 e. The van der Waals surface area contributed by atoms with Gasteiger partial charge in [-0.05, 0) is 25.9 Å². The molecule has 0 aliphatic heterocycles. The summed E-state index contributed by atoms with van der Waals surface area (Å²) >= 11 is 0. The van der Waals surface area contributed by atoms with Crippen molar-refractivity contribution >= 4 is 0 Å². The second-order valence-electron chi connectivity index (χ2n) is 3.11. The summed E-state index contributed by atoms with van der Waals surface area (Å²) in [4.78, 5) is 0. The van der Waals surface area contributed by atoms with Crippen molar-refractivity contribution in [1.29, 1.82) is 0 Å². The van der Waals surface area contributed by atoms with Crippen molar-refractivity contribution in [3.8, 4) is 0 Å². The Morgan fingerprint density at radius 1 is 1.00 bits per heavy atom. The number of nitrogens with one attached hydrogen (secondary N) is 1. The average molecular weight is 201 g/mol. The molecule has 0 saturated carbocycles. The van der Waals surface area contributed by atoms with E-state index in [-0.39, 0.29) is 6.61 Å². The van der Waals surface area contributed by atoms with Gasteiger partial charge in [-0.15, -0.1) is 0 Å². The van der Waals surface area contributed by atoms with Crippen LogP contribution in [-0.4, -0.2) is 24.8 Å². The fraction of sp³-hybridized carbons (Fsp3) is 0.833. The Hall–Kier alpha value is -0.340. The summed E-state index contributed by atoms with van der Waals surface area (Å²) in [5.41, 5.74) is 0. The van der Waals surface area contributed by atoms with Crippen molar-refractivity contribution in [2.45, 2.75) is 46.5 Å². The maximum absolute atomic E-state index is 8.34. The summed E-state index contributed by atoms with van der Waals surface area (Å²) in [6.45, 7) is 8.77. The molecule has 14 heavy (non-hydrogen) atoms. The van der Waals surface area contributed by atoms with Crippen LogP contribution in [0.5, 0.6) is 0 Å². The van der Waals surface area contributed by atoms with Gasteiger partial charge in [0, 0.05) is 0 Å². The highest BCUT2D eigenvalue weighted by Gasteiger charge is 1.79. The number of aliphatic hydroxyl groups excluding tert-OH is 1. The number of allylic oxidation sites excluding steroid dienone is 1. The Morgan fingerprint density at radius 3 is 2.00 bits per heavy atom. The van der Waals surface area contributed by atoms with Crippen molar-refractivity contribution in [1.82, 2.24) is 5.32 Å². The van der Waals surface area contributed by atoms with Crippen LogP contribution in [0.15, 0.2) is 12.2 Å². The Balaban J connectivity index is 0. The number of aliphatic hydroxyl groups is 1. The first-order valence-electron chi connectivity index (χ1n) is 5.79. The highest BCUT2D eigenvalue weighted by atomic mass is 16.2. The van der Waals surface area contributed by atoms with Gasteiger partial charge in [-0.3, -0.25) is 0 Å². The van der Waals surface area contributed by atoms with Gasteiger partial charge in [-0.1, -0.05) is 45.8 Å². The highest BCUT2D eigenvalue weighted by molar-refractivity contribution is 4.80. The first kappa shape index (κ1) is 16.1. The first-order valence-corrected chi connectivity index (χ1v) is 5.79. The van der Waals surface area contributed by atoms with Gasteiger partial charge in [-0.25, -0.2) is 0 Å². The highest BCUT2D eigenvalue weighted by Crippen LogP contribution is 1.98. The van der Waals surface area contributed by atoms with E-state index in [0.717, 1.165) is 19.5 Å². The molecule has 86 valence electrons. The molecule has 0 saturated heterocycles. The van der Waals surface area contributed by atoms with Gasteiger partial charge in [0.2, 0.25) is 0 Å². The van der Waals surface area contributed by atoms with E-state index in [1.54, 1.807) is 6.08 Å². The zero-order valence-electron chi connectivity index (χ0n) is 10.1. The van der Waals surface area contributed by atoms with E-state index < -0.39 is 0 Å². The van der Waals surface area contributed by atoms with E-state index in [1.807, 2.05) is 6.08 Å². The van der Waals surface area contributed by atoms with Crippen LogP contribution in [0.2, 0.25) is 0 Å². The zero-order valence-corrected chi connectivity index (χ0v) is 10.1. The standard InChI is InChI=1S/C8H16O.C4H11N/c1-2-3-4-5-6-7-8-9;1-3-5-4-2/h6-7,9H,2-5,8H2,1H3;5H,3-4H2,1-2H3. The van der Waals surface area contributed by atoms with E-state index in [9.17, 15) is 0 Å². The summed E-state index contributed by atoms with van der Waals surface area (Å²) < 4.78 is 0. The van der Waals surface area contributed by atoms with Crippen LogP contribution in [0.4, 0.5) is 0 Å². The third-order valence-electron chi connectivity index (χ3n) is 1.75. The van der Waals surface area contributed by atoms with Gasteiger partial charge in [0.25, 0.3) is 0 Å². The van der Waals surface area contributed by atoms with E-state index in [2.05, 4.69) is 26.1 Å². The zero-order chi connectivity index (χ0) is 11.1. The average Bonchev–Trinajstić information content (AvgIpc) is 2.20. The molecule has 0 aromatic heterocycles. The molecule has 0 heterocycles. The van der Waals surface area contributed by atoms with E-state index >= 15 is 0 Å². The van der Waals surface area contributed by atoms with Gasteiger partial charge >= 0.3 is 0 Å². The van der Waals surface area contributed by atoms with Crippen LogP contribution in [0, 0.1) is 0 Å². The minimum atomic E-state index is 0.187. The molecular formula is C12H27NO. The van der Waals surface area contributed by atoms with Crippen molar-refractivity contribution in [2.75, 3.05) is 19.7 Å². The monoisotopic (exact) mass is 201 g/mol. The number of hydrogen-bond donors (Lipinski definition) is 2. The third kappa shape index (κ3) is 22.6. The molecule has 0 atom stereocenters. The van der Waals surface area contributed by atoms with Gasteiger partial charge in [0.05, 0.1) is 6.61 Å². The molecule has 2 N–H and O–H groups in total. The third-order valence-corrected chi connectivity index (χ3v) is 1.75.